The number of carbonyl (C=O) groups excluding carboxylic acids is 1. The Balaban J connectivity index is 1.66. The zero-order valence-corrected chi connectivity index (χ0v) is 17.7. The molecule has 1 N–H and O–H groups in total. The van der Waals surface area contributed by atoms with Gasteiger partial charge < -0.3 is 14.0 Å². The molecule has 1 aromatic carbocycles. The molecule has 12 heteroatoms. The van der Waals surface area contributed by atoms with E-state index in [1.807, 2.05) is 0 Å². The number of esters is 1. The number of ether oxygens (including phenoxy) is 2. The molecule has 1 aliphatic rings. The van der Waals surface area contributed by atoms with Gasteiger partial charge in [0.1, 0.15) is 11.9 Å². The van der Waals surface area contributed by atoms with Crippen molar-refractivity contribution in [2.75, 3.05) is 20.3 Å². The monoisotopic (exact) mass is 452 g/mol. The first-order valence-electron chi connectivity index (χ1n) is 9.16. The van der Waals surface area contributed by atoms with Gasteiger partial charge in [-0.15, -0.1) is 0 Å². The molecule has 0 radical (unpaired) electrons. The van der Waals surface area contributed by atoms with E-state index < -0.39 is 44.0 Å². The summed E-state index contributed by atoms with van der Waals surface area (Å²) < 4.78 is 40.1. The first kappa shape index (κ1) is 22.7. The van der Waals surface area contributed by atoms with Gasteiger partial charge in [-0.3, -0.25) is 23.4 Å². The molecule has 3 rings (SSSR count). The van der Waals surface area contributed by atoms with Crippen LogP contribution in [-0.2, 0) is 27.9 Å². The lowest BCUT2D eigenvalue weighted by Gasteiger charge is -2.20. The maximum absolute atomic E-state index is 13.0. The Kier molecular flexibility index (Phi) is 7.24. The minimum absolute atomic E-state index is 0.215. The molecule has 3 atom stereocenters. The van der Waals surface area contributed by atoms with Crippen LogP contribution in [0, 0.1) is 6.92 Å². The summed E-state index contributed by atoms with van der Waals surface area (Å²) in [5.74, 6) is -0.544. The molecule has 0 bridgehead atoms. The summed E-state index contributed by atoms with van der Waals surface area (Å²) >= 11 is 0. The standard InChI is InChI=1S/C19H21N2O9P/c1-13-10-21(19(24)20-18(13)23)16-9-8-15(29-16)11-27-31(25,28-12-17(22)26-2)30-14-6-4-3-5-7-14/h3-10,15-16H,11-12H2,1-2H3,(H,20,23,24). The summed E-state index contributed by atoms with van der Waals surface area (Å²) in [6, 6.07) is 8.16. The first-order valence-corrected chi connectivity index (χ1v) is 10.6. The van der Waals surface area contributed by atoms with Gasteiger partial charge in [0.25, 0.3) is 5.56 Å². The Morgan fingerprint density at radius 2 is 1.94 bits per heavy atom. The molecular formula is C19H21N2O9P. The lowest BCUT2D eigenvalue weighted by molar-refractivity contribution is -0.143. The van der Waals surface area contributed by atoms with Gasteiger partial charge in [-0.2, -0.15) is 0 Å². The molecule has 0 fully saturated rings. The maximum atomic E-state index is 13.0. The molecule has 11 nitrogen and oxygen atoms in total. The van der Waals surface area contributed by atoms with Crippen molar-refractivity contribution < 1.29 is 32.4 Å². The number of nitrogens with one attached hydrogen (secondary N) is 1. The number of benzene rings is 1. The Morgan fingerprint density at radius 3 is 2.65 bits per heavy atom. The minimum atomic E-state index is -4.21. The van der Waals surface area contributed by atoms with Crippen LogP contribution >= 0.6 is 7.82 Å². The number of phosphoric ester groups is 1. The summed E-state index contributed by atoms with van der Waals surface area (Å²) in [7, 11) is -3.05. The van der Waals surface area contributed by atoms with Crippen molar-refractivity contribution >= 4 is 13.8 Å². The normalized spacial score (nSPS) is 19.7. The van der Waals surface area contributed by atoms with E-state index in [2.05, 4.69) is 9.72 Å². The largest absolute Gasteiger partial charge is 0.530 e. The lowest BCUT2D eigenvalue weighted by atomic mass is 10.3. The molecular weight excluding hydrogens is 431 g/mol. The smallest absolute Gasteiger partial charge is 0.467 e. The molecule has 2 heterocycles. The summed E-state index contributed by atoms with van der Waals surface area (Å²) in [4.78, 5) is 37.1. The van der Waals surface area contributed by atoms with Crippen molar-refractivity contribution in [1.82, 2.24) is 9.55 Å². The zero-order chi connectivity index (χ0) is 22.4. The van der Waals surface area contributed by atoms with Crippen molar-refractivity contribution in [3.63, 3.8) is 0 Å². The number of aryl methyl sites for hydroxylation is 1. The Labute approximate surface area is 176 Å². The molecule has 1 aliphatic heterocycles. The van der Waals surface area contributed by atoms with Crippen molar-refractivity contribution in [3.8, 4) is 5.75 Å². The number of phosphoric acid groups is 1. The number of aromatic amines is 1. The fourth-order valence-corrected chi connectivity index (χ4v) is 3.73. The highest BCUT2D eigenvalue weighted by Gasteiger charge is 2.33. The third-order valence-corrected chi connectivity index (χ3v) is 5.50. The number of rotatable bonds is 9. The molecule has 3 unspecified atom stereocenters. The van der Waals surface area contributed by atoms with Crippen LogP contribution in [0.15, 0.2) is 58.3 Å². The van der Waals surface area contributed by atoms with E-state index >= 15 is 0 Å². The predicted molar refractivity (Wildman–Crippen MR) is 108 cm³/mol. The second kappa shape index (κ2) is 9.88. The average Bonchev–Trinajstić information content (AvgIpc) is 3.23. The van der Waals surface area contributed by atoms with Crippen LogP contribution < -0.4 is 15.8 Å². The van der Waals surface area contributed by atoms with Crippen LogP contribution in [0.4, 0.5) is 0 Å². The van der Waals surface area contributed by atoms with Gasteiger partial charge in [0.05, 0.1) is 13.7 Å². The summed E-state index contributed by atoms with van der Waals surface area (Å²) in [6.07, 6.45) is 3.08. The molecule has 0 amide bonds. The highest BCUT2D eigenvalue weighted by Crippen LogP contribution is 2.49. The van der Waals surface area contributed by atoms with E-state index in [0.29, 0.717) is 5.56 Å². The van der Waals surface area contributed by atoms with E-state index in [9.17, 15) is 18.9 Å². The van der Waals surface area contributed by atoms with Crippen molar-refractivity contribution in [2.24, 2.45) is 0 Å². The number of methoxy groups -OCH3 is 1. The molecule has 31 heavy (non-hydrogen) atoms. The quantitative estimate of drug-likeness (QED) is 0.342. The second-order valence-electron chi connectivity index (χ2n) is 6.43. The van der Waals surface area contributed by atoms with E-state index in [-0.39, 0.29) is 12.4 Å². The van der Waals surface area contributed by atoms with Crippen molar-refractivity contribution in [3.05, 3.63) is 75.1 Å². The van der Waals surface area contributed by atoms with Gasteiger partial charge in [-0.05, 0) is 25.1 Å². The van der Waals surface area contributed by atoms with Crippen LogP contribution in [0.2, 0.25) is 0 Å². The van der Waals surface area contributed by atoms with Crippen LogP contribution in [-0.4, -0.2) is 41.9 Å². The number of carbonyl (C=O) groups is 1. The average molecular weight is 452 g/mol. The highest BCUT2D eigenvalue weighted by molar-refractivity contribution is 7.49. The first-order chi connectivity index (χ1) is 14.8. The lowest BCUT2D eigenvalue weighted by Crippen LogP contribution is -2.33. The zero-order valence-electron chi connectivity index (χ0n) is 16.8. The van der Waals surface area contributed by atoms with Gasteiger partial charge in [0.2, 0.25) is 0 Å². The van der Waals surface area contributed by atoms with Crippen molar-refractivity contribution in [1.29, 1.82) is 0 Å². The molecule has 166 valence electrons. The number of para-hydroxylation sites is 1. The molecule has 2 aromatic rings. The SMILES string of the molecule is COC(=O)COP(=O)(OCC1C=CC(n2cc(C)c(=O)[nH]c2=O)O1)Oc1ccccc1. The molecule has 0 aliphatic carbocycles. The highest BCUT2D eigenvalue weighted by atomic mass is 31.2. The summed E-state index contributed by atoms with van der Waals surface area (Å²) in [6.45, 7) is 0.663. The van der Waals surface area contributed by atoms with Crippen LogP contribution in [0.3, 0.4) is 0 Å². The molecule has 0 saturated carbocycles. The van der Waals surface area contributed by atoms with Gasteiger partial charge >= 0.3 is 19.5 Å². The second-order valence-corrected chi connectivity index (χ2v) is 8.02. The molecule has 0 spiro atoms. The number of hydrogen-bond donors (Lipinski definition) is 1. The van der Waals surface area contributed by atoms with Gasteiger partial charge in [-0.1, -0.05) is 24.3 Å². The van der Waals surface area contributed by atoms with Gasteiger partial charge in [0.15, 0.2) is 12.8 Å². The van der Waals surface area contributed by atoms with E-state index in [4.69, 9.17) is 18.3 Å². The van der Waals surface area contributed by atoms with Crippen LogP contribution in [0.1, 0.15) is 11.8 Å². The van der Waals surface area contributed by atoms with E-state index in [0.717, 1.165) is 7.11 Å². The van der Waals surface area contributed by atoms with Gasteiger partial charge in [-0.25, -0.2) is 14.2 Å². The Morgan fingerprint density at radius 1 is 1.19 bits per heavy atom. The topological polar surface area (TPSA) is 135 Å². The Hall–Kier alpha value is -2.98. The fraction of sp³-hybridized carbons (Fsp3) is 0.316. The number of hydrogen-bond acceptors (Lipinski definition) is 9. The van der Waals surface area contributed by atoms with Crippen LogP contribution in [0.5, 0.6) is 5.75 Å². The number of aromatic nitrogens is 2. The summed E-state index contributed by atoms with van der Waals surface area (Å²) in [5, 5.41) is 0. The maximum Gasteiger partial charge on any atom is 0.530 e. The van der Waals surface area contributed by atoms with Crippen LogP contribution in [0.25, 0.3) is 0 Å². The van der Waals surface area contributed by atoms with E-state index in [1.165, 1.54) is 10.8 Å². The van der Waals surface area contributed by atoms with Crippen molar-refractivity contribution in [2.45, 2.75) is 19.3 Å². The summed E-state index contributed by atoms with van der Waals surface area (Å²) in [5.41, 5.74) is -0.774. The Bertz CT molecular complexity index is 1110. The predicted octanol–water partition coefficient (Wildman–Crippen LogP) is 1.69. The third-order valence-electron chi connectivity index (χ3n) is 4.15. The fourth-order valence-electron chi connectivity index (χ4n) is 2.57. The van der Waals surface area contributed by atoms with Gasteiger partial charge in [0, 0.05) is 11.8 Å². The molecule has 0 saturated heterocycles. The van der Waals surface area contributed by atoms with E-state index in [1.54, 1.807) is 49.4 Å². The minimum Gasteiger partial charge on any atom is -0.467 e. The number of H-pyrrole nitrogens is 1. The third kappa shape index (κ3) is 6.02. The number of nitrogens with zero attached hydrogens (tertiary/aromatic N) is 1. The molecule has 1 aromatic heterocycles.